The minimum absolute atomic E-state index is 0.104. The number of ether oxygens (including phenoxy) is 1. The zero-order valence-electron chi connectivity index (χ0n) is 19.8. The largest absolute Gasteiger partial charge is 0.471 e. The van der Waals surface area contributed by atoms with Crippen LogP contribution in [0, 0.1) is 0 Å². The molecule has 2 heterocycles. The van der Waals surface area contributed by atoms with E-state index in [1.165, 1.54) is 12.1 Å². The molecular formula is C26H28N4O5S. The van der Waals surface area contributed by atoms with Gasteiger partial charge in [0.2, 0.25) is 15.9 Å². The number of aromatic nitrogens is 1. The number of hydrogen-bond acceptors (Lipinski definition) is 7. The second kappa shape index (κ2) is 9.53. The van der Waals surface area contributed by atoms with Crippen LogP contribution < -0.4 is 20.1 Å². The highest BCUT2D eigenvalue weighted by Crippen LogP contribution is 2.50. The third-order valence-corrected chi connectivity index (χ3v) is 8.23. The number of aliphatic hydroxyl groups is 1. The zero-order valence-corrected chi connectivity index (χ0v) is 20.6. The van der Waals surface area contributed by atoms with Crippen molar-refractivity contribution in [1.82, 2.24) is 9.71 Å². The Balaban J connectivity index is 1.31. The van der Waals surface area contributed by atoms with Crippen LogP contribution in [0.25, 0.3) is 11.3 Å². The third-order valence-electron chi connectivity index (χ3n) is 6.70. The Morgan fingerprint density at radius 3 is 2.64 bits per heavy atom. The molecule has 2 aromatic carbocycles. The van der Waals surface area contributed by atoms with Crippen molar-refractivity contribution in [2.45, 2.75) is 42.5 Å². The van der Waals surface area contributed by atoms with Crippen LogP contribution in [-0.2, 0) is 20.2 Å². The van der Waals surface area contributed by atoms with E-state index in [2.05, 4.69) is 20.3 Å². The maximum absolute atomic E-state index is 13.2. The molecule has 4 N–H and O–H groups in total. The number of sulfonamides is 1. The first-order valence-corrected chi connectivity index (χ1v) is 13.4. The Morgan fingerprint density at radius 1 is 1.17 bits per heavy atom. The molecule has 9 nitrogen and oxygen atoms in total. The van der Waals surface area contributed by atoms with Crippen LogP contribution in [0.3, 0.4) is 0 Å². The van der Waals surface area contributed by atoms with Crippen LogP contribution in [-0.4, -0.2) is 43.8 Å². The number of nitrogens with zero attached hydrogens (tertiary/aromatic N) is 1. The summed E-state index contributed by atoms with van der Waals surface area (Å²) in [5, 5.41) is 15.4. The van der Waals surface area contributed by atoms with E-state index in [1.54, 1.807) is 37.3 Å². The molecule has 1 atom stereocenters. The van der Waals surface area contributed by atoms with E-state index in [-0.39, 0.29) is 17.4 Å². The minimum atomic E-state index is -3.75. The summed E-state index contributed by atoms with van der Waals surface area (Å²) in [5.41, 5.74) is 2.58. The molecule has 3 aromatic rings. The second-order valence-electron chi connectivity index (χ2n) is 9.05. The van der Waals surface area contributed by atoms with Gasteiger partial charge in [-0.25, -0.2) is 18.1 Å². The molecule has 0 spiro atoms. The number of pyridine rings is 1. The molecule has 1 fully saturated rings. The van der Waals surface area contributed by atoms with Gasteiger partial charge in [-0.1, -0.05) is 31.2 Å². The van der Waals surface area contributed by atoms with Gasteiger partial charge in [0.25, 0.3) is 0 Å². The molecule has 0 saturated heterocycles. The molecule has 2 aliphatic rings. The minimum Gasteiger partial charge on any atom is -0.471 e. The number of carbonyl (C=O) groups excluding carboxylic acids is 1. The molecule has 1 saturated carbocycles. The number of benzene rings is 2. The van der Waals surface area contributed by atoms with E-state index in [0.29, 0.717) is 30.2 Å². The Morgan fingerprint density at radius 2 is 1.94 bits per heavy atom. The number of aliphatic hydroxyl groups excluding tert-OH is 1. The normalized spacial score (nSPS) is 16.4. The molecule has 5 rings (SSSR count). The average molecular weight is 509 g/mol. The first kappa shape index (κ1) is 24.2. The Kier molecular flexibility index (Phi) is 6.42. The summed E-state index contributed by atoms with van der Waals surface area (Å²) in [5.74, 6) is 1.07. The van der Waals surface area contributed by atoms with Crippen molar-refractivity contribution in [3.63, 3.8) is 0 Å². The number of fused-ring (bicyclic) bond motifs is 1. The second-order valence-corrected chi connectivity index (χ2v) is 10.8. The Bertz CT molecular complexity index is 1380. The van der Waals surface area contributed by atoms with Crippen molar-refractivity contribution in [2.24, 2.45) is 0 Å². The quantitative estimate of drug-likeness (QED) is 0.349. The van der Waals surface area contributed by atoms with Gasteiger partial charge in [0.1, 0.15) is 11.6 Å². The van der Waals surface area contributed by atoms with Crippen molar-refractivity contribution < 1.29 is 23.1 Å². The first-order chi connectivity index (χ1) is 17.3. The van der Waals surface area contributed by atoms with Gasteiger partial charge >= 0.3 is 0 Å². The molecule has 1 aliphatic heterocycles. The molecule has 1 aromatic heterocycles. The summed E-state index contributed by atoms with van der Waals surface area (Å²) < 4.78 is 33.2. The highest BCUT2D eigenvalue weighted by Gasteiger charge is 2.51. The standard InChI is InChI=1S/C26H28N4O5S/c1-2-19(15-31)30-36(33,34)20-9-6-17(7-10-20)21-4-3-5-24(28-21)29-25(32)26(12-13-26)18-8-11-22-23(14-18)35-16-27-22/h3-11,14,19,27,30-31H,2,12-13,15-16H2,1H3,(H,28,29,32)/t19-/m1/s1. The van der Waals surface area contributed by atoms with Crippen LogP contribution in [0.5, 0.6) is 5.75 Å². The molecule has 1 amide bonds. The summed E-state index contributed by atoms with van der Waals surface area (Å²) in [6.45, 7) is 1.96. The van der Waals surface area contributed by atoms with E-state index < -0.39 is 21.5 Å². The lowest BCUT2D eigenvalue weighted by atomic mass is 9.94. The Labute approximate surface area is 210 Å². The zero-order chi connectivity index (χ0) is 25.3. The fraction of sp³-hybridized carbons (Fsp3) is 0.308. The predicted molar refractivity (Wildman–Crippen MR) is 136 cm³/mol. The van der Waals surface area contributed by atoms with E-state index in [4.69, 9.17) is 4.74 Å². The summed E-state index contributed by atoms with van der Waals surface area (Å²) in [7, 11) is -3.75. The molecule has 36 heavy (non-hydrogen) atoms. The fourth-order valence-corrected chi connectivity index (χ4v) is 5.60. The van der Waals surface area contributed by atoms with Crippen molar-refractivity contribution in [2.75, 3.05) is 24.0 Å². The van der Waals surface area contributed by atoms with Crippen LogP contribution in [0.2, 0.25) is 0 Å². The van der Waals surface area contributed by atoms with Crippen LogP contribution >= 0.6 is 0 Å². The summed E-state index contributed by atoms with van der Waals surface area (Å²) >= 11 is 0. The SMILES string of the molecule is CC[C@H](CO)NS(=O)(=O)c1ccc(-c2cccc(NC(=O)C3(c4ccc5c(c4)OCN5)CC3)n2)cc1. The average Bonchev–Trinajstić information content (AvgIpc) is 3.58. The number of amides is 1. The lowest BCUT2D eigenvalue weighted by molar-refractivity contribution is -0.118. The lowest BCUT2D eigenvalue weighted by Crippen LogP contribution is -2.36. The first-order valence-electron chi connectivity index (χ1n) is 11.9. The van der Waals surface area contributed by atoms with E-state index in [0.717, 1.165) is 29.8 Å². The summed E-state index contributed by atoms with van der Waals surface area (Å²) in [6, 6.07) is 17.0. The smallest absolute Gasteiger partial charge is 0.240 e. The molecular weight excluding hydrogens is 480 g/mol. The molecule has 0 bridgehead atoms. The highest BCUT2D eigenvalue weighted by atomic mass is 32.2. The van der Waals surface area contributed by atoms with Crippen LogP contribution in [0.1, 0.15) is 31.7 Å². The molecule has 188 valence electrons. The maximum Gasteiger partial charge on any atom is 0.240 e. The van der Waals surface area contributed by atoms with Gasteiger partial charge in [-0.3, -0.25) is 4.79 Å². The van der Waals surface area contributed by atoms with Crippen molar-refractivity contribution in [3.8, 4) is 17.0 Å². The molecule has 1 aliphatic carbocycles. The number of hydrogen-bond donors (Lipinski definition) is 4. The predicted octanol–water partition coefficient (Wildman–Crippen LogP) is 3.23. The van der Waals surface area contributed by atoms with Crippen molar-refractivity contribution >= 4 is 27.4 Å². The van der Waals surface area contributed by atoms with Gasteiger partial charge < -0.3 is 20.5 Å². The number of carbonyl (C=O) groups is 1. The van der Waals surface area contributed by atoms with Crippen molar-refractivity contribution in [3.05, 3.63) is 66.2 Å². The Hall–Kier alpha value is -3.47. The van der Waals surface area contributed by atoms with E-state index >= 15 is 0 Å². The maximum atomic E-state index is 13.2. The van der Waals surface area contributed by atoms with Gasteiger partial charge in [-0.15, -0.1) is 0 Å². The third kappa shape index (κ3) is 4.67. The van der Waals surface area contributed by atoms with Gasteiger partial charge in [-0.05, 0) is 61.2 Å². The van der Waals surface area contributed by atoms with Gasteiger partial charge in [0.05, 0.1) is 28.3 Å². The number of rotatable bonds is 9. The molecule has 0 unspecified atom stereocenters. The van der Waals surface area contributed by atoms with Crippen LogP contribution in [0.4, 0.5) is 11.5 Å². The fourth-order valence-electron chi connectivity index (χ4n) is 4.29. The van der Waals surface area contributed by atoms with Crippen molar-refractivity contribution in [1.29, 1.82) is 0 Å². The highest BCUT2D eigenvalue weighted by molar-refractivity contribution is 7.89. The van der Waals surface area contributed by atoms with Gasteiger partial charge in [0.15, 0.2) is 6.73 Å². The van der Waals surface area contributed by atoms with E-state index in [1.807, 2.05) is 18.2 Å². The van der Waals surface area contributed by atoms with Gasteiger partial charge in [0, 0.05) is 11.6 Å². The topological polar surface area (TPSA) is 130 Å². The van der Waals surface area contributed by atoms with Crippen LogP contribution in [0.15, 0.2) is 65.6 Å². The monoisotopic (exact) mass is 508 g/mol. The molecule has 10 heteroatoms. The van der Waals surface area contributed by atoms with E-state index in [9.17, 15) is 18.3 Å². The summed E-state index contributed by atoms with van der Waals surface area (Å²) in [6.07, 6.45) is 1.99. The van der Waals surface area contributed by atoms with Gasteiger partial charge in [-0.2, -0.15) is 0 Å². The number of anilines is 2. The lowest BCUT2D eigenvalue weighted by Gasteiger charge is -2.16. The summed E-state index contributed by atoms with van der Waals surface area (Å²) in [4.78, 5) is 17.9. The molecule has 0 radical (unpaired) electrons. The number of nitrogens with one attached hydrogen (secondary N) is 3.